The van der Waals surface area contributed by atoms with E-state index in [0.29, 0.717) is 34.6 Å². The van der Waals surface area contributed by atoms with E-state index in [4.69, 9.17) is 19.0 Å². The van der Waals surface area contributed by atoms with Crippen LogP contribution in [-0.4, -0.2) is 29.2 Å². The number of carbonyl (C=O) groups is 1. The fourth-order valence-corrected chi connectivity index (χ4v) is 4.85. The van der Waals surface area contributed by atoms with Crippen LogP contribution in [0.5, 0.6) is 11.5 Å². The van der Waals surface area contributed by atoms with Crippen molar-refractivity contribution in [3.63, 3.8) is 0 Å². The molecule has 180 valence electrons. The van der Waals surface area contributed by atoms with Crippen molar-refractivity contribution in [3.8, 4) is 22.9 Å². The van der Waals surface area contributed by atoms with Crippen LogP contribution >= 0.6 is 11.8 Å². The average Bonchev–Trinajstić information content (AvgIpc) is 3.59. The molecule has 8 nitrogen and oxygen atoms in total. The molecule has 3 heterocycles. The maximum Gasteiger partial charge on any atom is 0.327 e. The summed E-state index contributed by atoms with van der Waals surface area (Å²) >= 11 is 1.67. The summed E-state index contributed by atoms with van der Waals surface area (Å²) in [5, 5.41) is 7.37. The Bertz CT molecular complexity index is 1470. The first-order chi connectivity index (χ1) is 17.6. The molecule has 9 heteroatoms. The van der Waals surface area contributed by atoms with Crippen molar-refractivity contribution in [1.82, 2.24) is 15.5 Å². The summed E-state index contributed by atoms with van der Waals surface area (Å²) < 4.78 is 16.7. The van der Waals surface area contributed by atoms with Gasteiger partial charge in [0, 0.05) is 22.2 Å². The van der Waals surface area contributed by atoms with Crippen molar-refractivity contribution in [1.29, 1.82) is 0 Å². The molecule has 0 aliphatic carbocycles. The van der Waals surface area contributed by atoms with Gasteiger partial charge in [0.05, 0.1) is 17.3 Å². The zero-order valence-electron chi connectivity index (χ0n) is 19.6. The van der Waals surface area contributed by atoms with Crippen molar-refractivity contribution in [2.75, 3.05) is 17.9 Å². The number of fused-ring (bicyclic) bond motifs is 1. The number of thioether (sulfide) groups is 1. The monoisotopic (exact) mass is 498 g/mol. The number of nitrogens with one attached hydrogen (secondary N) is 1. The number of benzene rings is 3. The number of amides is 2. The largest absolute Gasteiger partial charge is 0.454 e. The Labute approximate surface area is 211 Å². The highest BCUT2D eigenvalue weighted by Gasteiger charge is 2.37. The molecule has 36 heavy (non-hydrogen) atoms. The van der Waals surface area contributed by atoms with E-state index in [1.54, 1.807) is 28.8 Å². The van der Waals surface area contributed by atoms with E-state index in [9.17, 15) is 4.79 Å². The Hall–Kier alpha value is -4.24. The Balaban J connectivity index is 1.46. The van der Waals surface area contributed by atoms with E-state index in [1.807, 2.05) is 73.8 Å². The summed E-state index contributed by atoms with van der Waals surface area (Å²) in [7, 11) is 0. The smallest absolute Gasteiger partial charge is 0.327 e. The van der Waals surface area contributed by atoms with Gasteiger partial charge in [-0.3, -0.25) is 4.90 Å². The van der Waals surface area contributed by atoms with Gasteiger partial charge in [0.15, 0.2) is 11.5 Å². The van der Waals surface area contributed by atoms with Crippen molar-refractivity contribution >= 4 is 29.1 Å². The van der Waals surface area contributed by atoms with E-state index in [1.165, 1.54) is 0 Å². The lowest BCUT2D eigenvalue weighted by Gasteiger charge is -2.35. The molecule has 2 aliphatic rings. The Morgan fingerprint density at radius 1 is 1.00 bits per heavy atom. The number of ether oxygens (including phenoxy) is 2. The van der Waals surface area contributed by atoms with Crippen LogP contribution in [0.15, 0.2) is 87.9 Å². The number of carbonyl (C=O) groups excluding carboxylic acids is 1. The summed E-state index contributed by atoms with van der Waals surface area (Å²) in [5.74, 6) is 2.06. The van der Waals surface area contributed by atoms with Gasteiger partial charge in [-0.2, -0.15) is 4.98 Å². The van der Waals surface area contributed by atoms with E-state index < -0.39 is 6.04 Å². The highest BCUT2D eigenvalue weighted by Crippen LogP contribution is 2.42. The van der Waals surface area contributed by atoms with E-state index >= 15 is 0 Å². The van der Waals surface area contributed by atoms with Gasteiger partial charge >= 0.3 is 6.03 Å². The number of hydrogen-bond acceptors (Lipinski definition) is 7. The lowest BCUT2D eigenvalue weighted by molar-refractivity contribution is 0.174. The number of anilines is 1. The summed E-state index contributed by atoms with van der Waals surface area (Å²) in [6.45, 7) is 2.04. The van der Waals surface area contributed by atoms with Crippen molar-refractivity contribution in [2.24, 2.45) is 0 Å². The summed E-state index contributed by atoms with van der Waals surface area (Å²) in [5.41, 5.74) is 3.81. The number of urea groups is 1. The van der Waals surface area contributed by atoms with Gasteiger partial charge < -0.3 is 19.3 Å². The second-order valence-electron chi connectivity index (χ2n) is 8.32. The third-order valence-corrected chi connectivity index (χ3v) is 6.98. The zero-order chi connectivity index (χ0) is 24.6. The molecular weight excluding hydrogens is 476 g/mol. The first kappa shape index (κ1) is 22.2. The molecule has 0 saturated heterocycles. The van der Waals surface area contributed by atoms with Crippen LogP contribution in [-0.2, 0) is 0 Å². The van der Waals surface area contributed by atoms with Gasteiger partial charge in [-0.25, -0.2) is 4.79 Å². The van der Waals surface area contributed by atoms with Gasteiger partial charge in [-0.15, -0.1) is 11.8 Å². The predicted octanol–water partition coefficient (Wildman–Crippen LogP) is 5.89. The molecule has 3 aromatic carbocycles. The third kappa shape index (κ3) is 3.87. The van der Waals surface area contributed by atoms with Crippen LogP contribution in [0.2, 0.25) is 0 Å². The topological polar surface area (TPSA) is 89.7 Å². The molecule has 0 fully saturated rings. The second kappa shape index (κ2) is 9.09. The second-order valence-corrected chi connectivity index (χ2v) is 9.20. The minimum atomic E-state index is -0.462. The van der Waals surface area contributed by atoms with Gasteiger partial charge in [0.25, 0.3) is 5.89 Å². The fourth-order valence-electron chi connectivity index (χ4n) is 4.44. The average molecular weight is 499 g/mol. The molecule has 1 aromatic heterocycles. The molecule has 1 unspecified atom stereocenters. The molecular formula is C27H22N4O4S. The van der Waals surface area contributed by atoms with E-state index in [0.717, 1.165) is 21.6 Å². The maximum absolute atomic E-state index is 13.4. The molecule has 1 N–H and O–H groups in total. The lowest BCUT2D eigenvalue weighted by atomic mass is 9.94. The first-order valence-corrected chi connectivity index (χ1v) is 12.6. The maximum atomic E-state index is 13.4. The SMILES string of the molecule is CSc1ccc(-c2noc(C3=C(C)N(c4ccc5c(c4)OCO5)C(=O)NC3c3ccccc3)n2)cc1. The highest BCUT2D eigenvalue weighted by atomic mass is 32.2. The van der Waals surface area contributed by atoms with Gasteiger partial charge in [-0.05, 0) is 55.1 Å². The number of hydrogen-bond donors (Lipinski definition) is 1. The number of nitrogens with zero attached hydrogens (tertiary/aromatic N) is 3. The Morgan fingerprint density at radius 2 is 1.78 bits per heavy atom. The first-order valence-electron chi connectivity index (χ1n) is 11.4. The minimum absolute atomic E-state index is 0.157. The van der Waals surface area contributed by atoms with Crippen LogP contribution in [0.1, 0.15) is 24.4 Å². The molecule has 1 atom stereocenters. The molecule has 0 bridgehead atoms. The predicted molar refractivity (Wildman–Crippen MR) is 137 cm³/mol. The van der Waals surface area contributed by atoms with E-state index in [-0.39, 0.29) is 12.8 Å². The normalized spacial score (nSPS) is 16.9. The number of allylic oxidation sites excluding steroid dienone is 1. The van der Waals surface area contributed by atoms with Crippen LogP contribution < -0.4 is 19.7 Å². The van der Waals surface area contributed by atoms with Crippen LogP contribution in [0.25, 0.3) is 17.0 Å². The van der Waals surface area contributed by atoms with Crippen LogP contribution in [0.4, 0.5) is 10.5 Å². The quantitative estimate of drug-likeness (QED) is 0.343. The minimum Gasteiger partial charge on any atom is -0.454 e. The van der Waals surface area contributed by atoms with Crippen molar-refractivity contribution < 1.29 is 18.8 Å². The molecule has 0 radical (unpaired) electrons. The number of aromatic nitrogens is 2. The van der Waals surface area contributed by atoms with E-state index in [2.05, 4.69) is 10.5 Å². The molecule has 4 aromatic rings. The Kier molecular flexibility index (Phi) is 5.61. The van der Waals surface area contributed by atoms with Crippen molar-refractivity contribution in [2.45, 2.75) is 17.9 Å². The highest BCUT2D eigenvalue weighted by molar-refractivity contribution is 7.98. The lowest BCUT2D eigenvalue weighted by Crippen LogP contribution is -2.46. The van der Waals surface area contributed by atoms with Crippen LogP contribution in [0.3, 0.4) is 0 Å². The number of rotatable bonds is 5. The molecule has 2 amide bonds. The summed E-state index contributed by atoms with van der Waals surface area (Å²) in [6, 6.07) is 22.4. The van der Waals surface area contributed by atoms with Gasteiger partial charge in [0.1, 0.15) is 0 Å². The third-order valence-electron chi connectivity index (χ3n) is 6.24. The van der Waals surface area contributed by atoms with Gasteiger partial charge in [0.2, 0.25) is 12.6 Å². The molecule has 0 saturated carbocycles. The Morgan fingerprint density at radius 3 is 2.56 bits per heavy atom. The van der Waals surface area contributed by atoms with Crippen LogP contribution in [0, 0.1) is 0 Å². The van der Waals surface area contributed by atoms with Gasteiger partial charge in [-0.1, -0.05) is 35.5 Å². The summed E-state index contributed by atoms with van der Waals surface area (Å²) in [4.78, 5) is 20.9. The molecule has 2 aliphatic heterocycles. The summed E-state index contributed by atoms with van der Waals surface area (Å²) in [6.07, 6.45) is 2.03. The van der Waals surface area contributed by atoms with Crippen molar-refractivity contribution in [3.05, 3.63) is 89.9 Å². The standard InChI is InChI=1S/C27H22N4O4S/c1-16-23(26-29-25(30-35-26)18-8-11-20(36-2)12-9-18)24(17-6-4-3-5-7-17)28-27(32)31(16)19-10-13-21-22(14-19)34-15-33-21/h3-14,24H,15H2,1-2H3,(H,28,32). The molecule has 0 spiro atoms. The zero-order valence-corrected chi connectivity index (χ0v) is 20.4. The molecule has 6 rings (SSSR count). The fraction of sp³-hybridized carbons (Fsp3) is 0.148.